The zero-order valence-electron chi connectivity index (χ0n) is 18.3. The van der Waals surface area contributed by atoms with E-state index in [1.165, 1.54) is 6.92 Å². The van der Waals surface area contributed by atoms with Gasteiger partial charge in [-0.15, -0.1) is 0 Å². The summed E-state index contributed by atoms with van der Waals surface area (Å²) in [6.45, 7) is 1.77. The summed E-state index contributed by atoms with van der Waals surface area (Å²) in [7, 11) is -1.95. The van der Waals surface area contributed by atoms with Crippen molar-refractivity contribution in [2.75, 3.05) is 0 Å². The maximum atomic E-state index is 12.7. The van der Waals surface area contributed by atoms with Crippen LogP contribution in [0.2, 0.25) is 0 Å². The van der Waals surface area contributed by atoms with Gasteiger partial charge in [0.25, 0.3) is 0 Å². The molecule has 3 rings (SSSR count). The predicted octanol–water partition coefficient (Wildman–Crippen LogP) is 1.17. The second-order valence-electron chi connectivity index (χ2n) is 8.11. The minimum absolute atomic E-state index is 0.104. The summed E-state index contributed by atoms with van der Waals surface area (Å²) >= 11 is 0. The molecule has 1 atom stereocenters. The van der Waals surface area contributed by atoms with Crippen molar-refractivity contribution >= 4 is 12.9 Å². The normalized spacial score (nSPS) is 13.2. The van der Waals surface area contributed by atoms with E-state index in [1.54, 1.807) is 4.68 Å². The third-order valence-corrected chi connectivity index (χ3v) is 5.71. The number of rotatable bonds is 11. The Hall–Kier alpha value is -2.85. The highest BCUT2D eigenvalue weighted by Gasteiger charge is 2.51. The molecule has 0 aliphatic carbocycles. The Bertz CT molecular complexity index is 952. The van der Waals surface area contributed by atoms with E-state index >= 15 is 0 Å². The first kappa shape index (κ1) is 23.8. The topological polar surface area (TPSA) is 140 Å². The van der Waals surface area contributed by atoms with E-state index in [9.17, 15) is 14.8 Å². The van der Waals surface area contributed by atoms with Crippen LogP contribution in [0, 0.1) is 0 Å². The molecule has 0 aliphatic heterocycles. The van der Waals surface area contributed by atoms with Crippen molar-refractivity contribution in [2.24, 2.45) is 11.5 Å². The second-order valence-corrected chi connectivity index (χ2v) is 8.11. The standard InChI is InChI=1S/C23H30BN5O3/c1-17(30)23(24(31)32,14-8-13-20(25)26)22-27-21(15-18-9-4-2-5-10-18)29(28-22)16-19-11-6-3-7-12-19/h2-7,9-12,20,31-32H,8,13-16,25-26H2,1H3. The molecule has 32 heavy (non-hydrogen) atoms. The lowest BCUT2D eigenvalue weighted by Gasteiger charge is -2.27. The summed E-state index contributed by atoms with van der Waals surface area (Å²) in [6.07, 6.45) is 0.932. The van der Waals surface area contributed by atoms with Crippen LogP contribution in [0.4, 0.5) is 0 Å². The molecule has 0 saturated carbocycles. The maximum absolute atomic E-state index is 12.7. The smallest absolute Gasteiger partial charge is 0.426 e. The number of carbonyl (C=O) groups is 1. The van der Waals surface area contributed by atoms with Gasteiger partial charge >= 0.3 is 7.12 Å². The van der Waals surface area contributed by atoms with E-state index in [1.807, 2.05) is 60.7 Å². The molecule has 0 aliphatic rings. The molecule has 0 amide bonds. The van der Waals surface area contributed by atoms with Crippen molar-refractivity contribution < 1.29 is 14.8 Å². The van der Waals surface area contributed by atoms with E-state index in [0.29, 0.717) is 31.6 Å². The highest BCUT2D eigenvalue weighted by atomic mass is 16.4. The second kappa shape index (κ2) is 10.6. The molecule has 1 unspecified atom stereocenters. The van der Waals surface area contributed by atoms with Crippen molar-refractivity contribution in [1.29, 1.82) is 0 Å². The van der Waals surface area contributed by atoms with Gasteiger partial charge in [0.05, 0.1) is 12.7 Å². The number of aromatic nitrogens is 3. The fourth-order valence-corrected chi connectivity index (χ4v) is 3.84. The largest absolute Gasteiger partial charge is 0.474 e. The molecule has 0 spiro atoms. The molecule has 168 valence electrons. The average Bonchev–Trinajstić information content (AvgIpc) is 3.14. The average molecular weight is 435 g/mol. The molecular formula is C23H30BN5O3. The first-order chi connectivity index (χ1) is 15.3. The molecule has 9 heteroatoms. The van der Waals surface area contributed by atoms with Crippen molar-refractivity contribution in [3.63, 3.8) is 0 Å². The molecule has 0 fully saturated rings. The van der Waals surface area contributed by atoms with Gasteiger partial charge in [-0.05, 0) is 37.3 Å². The first-order valence-electron chi connectivity index (χ1n) is 10.7. The van der Waals surface area contributed by atoms with Gasteiger partial charge in [0.1, 0.15) is 16.9 Å². The van der Waals surface area contributed by atoms with Crippen LogP contribution >= 0.6 is 0 Å². The van der Waals surface area contributed by atoms with Gasteiger partial charge in [-0.25, -0.2) is 9.67 Å². The summed E-state index contributed by atoms with van der Waals surface area (Å²) < 4.78 is 1.73. The summed E-state index contributed by atoms with van der Waals surface area (Å²) in [6, 6.07) is 19.6. The SMILES string of the molecule is CC(=O)C(CCCC(N)N)(B(O)O)c1nc(Cc2ccccc2)n(Cc2ccccc2)n1. The molecule has 0 radical (unpaired) electrons. The highest BCUT2D eigenvalue weighted by molar-refractivity contribution is 6.52. The molecule has 1 aromatic heterocycles. The lowest BCUT2D eigenvalue weighted by atomic mass is 9.53. The van der Waals surface area contributed by atoms with Crippen LogP contribution < -0.4 is 11.5 Å². The van der Waals surface area contributed by atoms with Gasteiger partial charge in [-0.3, -0.25) is 4.79 Å². The fourth-order valence-electron chi connectivity index (χ4n) is 3.84. The van der Waals surface area contributed by atoms with E-state index in [-0.39, 0.29) is 12.2 Å². The molecule has 8 nitrogen and oxygen atoms in total. The number of ketones is 1. The molecule has 2 aromatic carbocycles. The van der Waals surface area contributed by atoms with E-state index in [0.717, 1.165) is 11.1 Å². The summed E-state index contributed by atoms with van der Waals surface area (Å²) in [4.78, 5) is 17.4. The zero-order valence-corrected chi connectivity index (χ0v) is 18.3. The van der Waals surface area contributed by atoms with Crippen LogP contribution in [0.1, 0.15) is 49.0 Å². The Kier molecular flexibility index (Phi) is 7.92. The van der Waals surface area contributed by atoms with Crippen LogP contribution in [0.25, 0.3) is 0 Å². The molecule has 1 heterocycles. The fraction of sp³-hybridized carbons (Fsp3) is 0.348. The van der Waals surface area contributed by atoms with Crippen LogP contribution in [0.15, 0.2) is 60.7 Å². The maximum Gasteiger partial charge on any atom is 0.474 e. The molecule has 0 saturated heterocycles. The minimum atomic E-state index is -1.95. The Morgan fingerprint density at radius 1 is 1.06 bits per heavy atom. The first-order valence-corrected chi connectivity index (χ1v) is 10.7. The van der Waals surface area contributed by atoms with Crippen LogP contribution in [0.3, 0.4) is 0 Å². The monoisotopic (exact) mass is 435 g/mol. The van der Waals surface area contributed by atoms with Gasteiger partial charge in [0, 0.05) is 6.42 Å². The summed E-state index contributed by atoms with van der Waals surface area (Å²) in [5, 5.41) is 23.6. The Balaban J connectivity index is 2.04. The van der Waals surface area contributed by atoms with Gasteiger partial charge < -0.3 is 21.5 Å². The van der Waals surface area contributed by atoms with Crippen LogP contribution in [-0.4, -0.2) is 43.9 Å². The summed E-state index contributed by atoms with van der Waals surface area (Å²) in [5.74, 6) is 0.325. The molecular weight excluding hydrogens is 405 g/mol. The Labute approximate surface area is 188 Å². The number of Topliss-reactive ketones (excluding diaryl/α,β-unsaturated/α-hetero) is 1. The number of hydrogen-bond donors (Lipinski definition) is 4. The van der Waals surface area contributed by atoms with Gasteiger partial charge in [-0.1, -0.05) is 60.7 Å². The van der Waals surface area contributed by atoms with Crippen LogP contribution in [0.5, 0.6) is 0 Å². The van der Waals surface area contributed by atoms with Crippen molar-refractivity contribution in [3.05, 3.63) is 83.4 Å². The van der Waals surface area contributed by atoms with Crippen LogP contribution in [-0.2, 0) is 23.1 Å². The Morgan fingerprint density at radius 3 is 2.19 bits per heavy atom. The van der Waals surface area contributed by atoms with E-state index in [4.69, 9.17) is 11.5 Å². The minimum Gasteiger partial charge on any atom is -0.426 e. The third kappa shape index (κ3) is 5.49. The number of carbonyl (C=O) groups excluding carboxylic acids is 1. The lowest BCUT2D eigenvalue weighted by molar-refractivity contribution is -0.121. The molecule has 0 bridgehead atoms. The third-order valence-electron chi connectivity index (χ3n) is 5.71. The predicted molar refractivity (Wildman–Crippen MR) is 123 cm³/mol. The van der Waals surface area contributed by atoms with Gasteiger partial charge in [0.15, 0.2) is 5.82 Å². The number of nitrogens with zero attached hydrogens (tertiary/aromatic N) is 3. The number of hydrogen-bond acceptors (Lipinski definition) is 7. The van der Waals surface area contributed by atoms with Gasteiger partial charge in [-0.2, -0.15) is 5.10 Å². The molecule has 6 N–H and O–H groups in total. The summed E-state index contributed by atoms with van der Waals surface area (Å²) in [5.41, 5.74) is 13.3. The van der Waals surface area contributed by atoms with E-state index in [2.05, 4.69) is 10.1 Å². The molecule has 3 aromatic rings. The zero-order chi connectivity index (χ0) is 23.1. The quantitative estimate of drug-likeness (QED) is 0.262. The lowest BCUT2D eigenvalue weighted by Crippen LogP contribution is -2.50. The van der Waals surface area contributed by atoms with E-state index < -0.39 is 24.4 Å². The number of benzene rings is 2. The van der Waals surface area contributed by atoms with Crippen molar-refractivity contribution in [1.82, 2.24) is 14.8 Å². The number of nitrogens with two attached hydrogens (primary N) is 2. The van der Waals surface area contributed by atoms with Crippen molar-refractivity contribution in [3.8, 4) is 0 Å². The van der Waals surface area contributed by atoms with Gasteiger partial charge in [0.2, 0.25) is 0 Å². The van der Waals surface area contributed by atoms with Crippen molar-refractivity contribution in [2.45, 2.75) is 50.6 Å². The highest BCUT2D eigenvalue weighted by Crippen LogP contribution is 2.31. The Morgan fingerprint density at radius 2 is 1.66 bits per heavy atom.